The van der Waals surface area contributed by atoms with Crippen LogP contribution in [0.25, 0.3) is 16.9 Å². The lowest BCUT2D eigenvalue weighted by Gasteiger charge is -2.23. The predicted molar refractivity (Wildman–Crippen MR) is 120 cm³/mol. The highest BCUT2D eigenvalue weighted by atomic mass is 19.4. The smallest absolute Gasteiger partial charge is 0.416 e. The molecule has 33 heavy (non-hydrogen) atoms. The van der Waals surface area contributed by atoms with Crippen LogP contribution in [0, 0.1) is 12.8 Å². The molecule has 0 spiro atoms. The molecule has 0 bridgehead atoms. The molecule has 1 saturated carbocycles. The van der Waals surface area contributed by atoms with Crippen LogP contribution < -0.4 is 4.74 Å². The summed E-state index contributed by atoms with van der Waals surface area (Å²) < 4.78 is 48.5. The van der Waals surface area contributed by atoms with Gasteiger partial charge in [-0.05, 0) is 74.2 Å². The van der Waals surface area contributed by atoms with Gasteiger partial charge in [-0.2, -0.15) is 13.2 Å². The second-order valence-electron chi connectivity index (χ2n) is 8.57. The number of aromatic carboxylic acids is 1. The Morgan fingerprint density at radius 1 is 1.06 bits per heavy atom. The maximum atomic E-state index is 13.5. The van der Waals surface area contributed by atoms with Crippen molar-refractivity contribution in [2.75, 3.05) is 6.61 Å². The fourth-order valence-corrected chi connectivity index (χ4v) is 4.46. The number of benzene rings is 2. The normalized spacial score (nSPS) is 14.9. The summed E-state index contributed by atoms with van der Waals surface area (Å²) in [5.74, 6) is -0.282. The molecule has 0 saturated heterocycles. The Morgan fingerprint density at radius 2 is 1.82 bits per heavy atom. The van der Waals surface area contributed by atoms with Gasteiger partial charge in [0.15, 0.2) is 0 Å². The van der Waals surface area contributed by atoms with Crippen molar-refractivity contribution in [3.8, 4) is 22.7 Å². The van der Waals surface area contributed by atoms with Gasteiger partial charge in [-0.1, -0.05) is 25.3 Å². The van der Waals surface area contributed by atoms with E-state index in [0.717, 1.165) is 43.5 Å². The van der Waals surface area contributed by atoms with Crippen LogP contribution in [0.2, 0.25) is 0 Å². The Labute approximate surface area is 190 Å². The molecule has 1 aromatic heterocycles. The first-order valence-electron chi connectivity index (χ1n) is 11.1. The van der Waals surface area contributed by atoms with E-state index < -0.39 is 17.7 Å². The topological polar surface area (TPSA) is 51.5 Å². The highest BCUT2D eigenvalue weighted by molar-refractivity contribution is 5.88. The SMILES string of the molecule is Cc1ccc(-c2cc(C(F)(F)F)ccc2OCC2CCCCC2)n1-c1cccc(C(=O)O)c1. The van der Waals surface area contributed by atoms with Gasteiger partial charge in [0.2, 0.25) is 0 Å². The molecule has 1 fully saturated rings. The third kappa shape index (κ3) is 5.07. The molecule has 0 amide bonds. The predicted octanol–water partition coefficient (Wildman–Crippen LogP) is 7.13. The first-order chi connectivity index (χ1) is 15.7. The molecule has 1 N–H and O–H groups in total. The fourth-order valence-electron chi connectivity index (χ4n) is 4.46. The quantitative estimate of drug-likeness (QED) is 0.428. The number of aryl methyl sites for hydroxylation is 1. The maximum Gasteiger partial charge on any atom is 0.416 e. The number of carbonyl (C=O) groups is 1. The summed E-state index contributed by atoms with van der Waals surface area (Å²) >= 11 is 0. The largest absolute Gasteiger partial charge is 0.493 e. The van der Waals surface area contributed by atoms with Crippen molar-refractivity contribution in [1.82, 2.24) is 4.57 Å². The summed E-state index contributed by atoms with van der Waals surface area (Å²) in [7, 11) is 0. The van der Waals surface area contributed by atoms with Gasteiger partial charge in [-0.25, -0.2) is 4.79 Å². The van der Waals surface area contributed by atoms with Gasteiger partial charge in [0.05, 0.1) is 23.4 Å². The third-order valence-corrected chi connectivity index (χ3v) is 6.21. The van der Waals surface area contributed by atoms with Crippen LogP contribution >= 0.6 is 0 Å². The van der Waals surface area contributed by atoms with Crippen LogP contribution in [0.1, 0.15) is 53.7 Å². The summed E-state index contributed by atoms with van der Waals surface area (Å²) in [5, 5.41) is 9.37. The van der Waals surface area contributed by atoms with Gasteiger partial charge < -0.3 is 14.4 Å². The van der Waals surface area contributed by atoms with E-state index in [-0.39, 0.29) is 5.56 Å². The highest BCUT2D eigenvalue weighted by Crippen LogP contribution is 2.39. The van der Waals surface area contributed by atoms with Crippen molar-refractivity contribution in [3.05, 3.63) is 71.4 Å². The number of ether oxygens (including phenoxy) is 1. The number of halogens is 3. The summed E-state index contributed by atoms with van der Waals surface area (Å²) in [6, 6.07) is 13.4. The van der Waals surface area contributed by atoms with Crippen LogP contribution in [-0.2, 0) is 6.18 Å². The lowest BCUT2D eigenvalue weighted by atomic mass is 9.90. The van der Waals surface area contributed by atoms with E-state index in [2.05, 4.69) is 0 Å². The molecule has 3 aromatic rings. The summed E-state index contributed by atoms with van der Waals surface area (Å²) in [4.78, 5) is 11.5. The summed E-state index contributed by atoms with van der Waals surface area (Å²) in [5.41, 5.74) is 1.51. The van der Waals surface area contributed by atoms with E-state index in [0.29, 0.717) is 35.2 Å². The van der Waals surface area contributed by atoms with Gasteiger partial charge >= 0.3 is 12.1 Å². The minimum atomic E-state index is -4.49. The van der Waals surface area contributed by atoms with E-state index >= 15 is 0 Å². The van der Waals surface area contributed by atoms with Gasteiger partial charge in [0, 0.05) is 16.9 Å². The Balaban J connectivity index is 1.78. The van der Waals surface area contributed by atoms with Crippen molar-refractivity contribution in [3.63, 3.8) is 0 Å². The minimum absolute atomic E-state index is 0.101. The van der Waals surface area contributed by atoms with Crippen LogP contribution in [-0.4, -0.2) is 22.2 Å². The monoisotopic (exact) mass is 457 g/mol. The van der Waals surface area contributed by atoms with Gasteiger partial charge in [0.25, 0.3) is 0 Å². The lowest BCUT2D eigenvalue weighted by molar-refractivity contribution is -0.137. The van der Waals surface area contributed by atoms with E-state index in [1.807, 2.05) is 6.92 Å². The first kappa shape index (κ1) is 23.0. The van der Waals surface area contributed by atoms with E-state index in [1.54, 1.807) is 28.8 Å². The number of carboxylic acid groups (broad SMARTS) is 1. The molecule has 0 unspecified atom stereocenters. The zero-order valence-electron chi connectivity index (χ0n) is 18.4. The number of nitrogens with zero attached hydrogens (tertiary/aromatic N) is 1. The van der Waals surface area contributed by atoms with Crippen LogP contribution in [0.4, 0.5) is 13.2 Å². The molecule has 0 atom stereocenters. The number of hydrogen-bond donors (Lipinski definition) is 1. The molecule has 7 heteroatoms. The number of hydrogen-bond acceptors (Lipinski definition) is 2. The average molecular weight is 457 g/mol. The number of rotatable bonds is 6. The maximum absolute atomic E-state index is 13.5. The second kappa shape index (κ2) is 9.33. The average Bonchev–Trinajstić information content (AvgIpc) is 3.19. The van der Waals surface area contributed by atoms with Gasteiger partial charge in [-0.3, -0.25) is 0 Å². The van der Waals surface area contributed by atoms with E-state index in [9.17, 15) is 23.1 Å². The molecule has 1 aliphatic carbocycles. The molecular weight excluding hydrogens is 431 g/mol. The Kier molecular flexibility index (Phi) is 6.49. The molecule has 2 aromatic carbocycles. The number of carboxylic acids is 1. The first-order valence-corrected chi connectivity index (χ1v) is 11.1. The summed E-state index contributed by atoms with van der Waals surface area (Å²) in [6.07, 6.45) is 1.14. The van der Waals surface area contributed by atoms with Crippen LogP contribution in [0.3, 0.4) is 0 Å². The van der Waals surface area contributed by atoms with E-state index in [4.69, 9.17) is 4.74 Å². The van der Waals surface area contributed by atoms with Crippen molar-refractivity contribution >= 4 is 5.97 Å². The lowest BCUT2D eigenvalue weighted by Crippen LogP contribution is -2.16. The second-order valence-corrected chi connectivity index (χ2v) is 8.57. The fraction of sp³-hybridized carbons (Fsp3) is 0.346. The van der Waals surface area contributed by atoms with Crippen LogP contribution in [0.5, 0.6) is 5.75 Å². The number of alkyl halides is 3. The minimum Gasteiger partial charge on any atom is -0.493 e. The molecule has 174 valence electrons. The summed E-state index contributed by atoms with van der Waals surface area (Å²) in [6.45, 7) is 2.29. The van der Waals surface area contributed by atoms with Crippen molar-refractivity contribution in [2.24, 2.45) is 5.92 Å². The van der Waals surface area contributed by atoms with Gasteiger partial charge in [0.1, 0.15) is 5.75 Å². The van der Waals surface area contributed by atoms with Crippen molar-refractivity contribution in [1.29, 1.82) is 0 Å². The number of aromatic nitrogens is 1. The van der Waals surface area contributed by atoms with Crippen LogP contribution in [0.15, 0.2) is 54.6 Å². The van der Waals surface area contributed by atoms with Gasteiger partial charge in [-0.15, -0.1) is 0 Å². The third-order valence-electron chi connectivity index (χ3n) is 6.21. The molecule has 1 aliphatic rings. The molecule has 4 rings (SSSR count). The standard InChI is InChI=1S/C26H26F3NO3/c1-17-10-12-23(30(17)21-9-5-8-19(14-21)25(31)32)22-15-20(26(27,28)29)11-13-24(22)33-16-18-6-3-2-4-7-18/h5,8-15,18H,2-4,6-7,16H2,1H3,(H,31,32). The molecular formula is C26H26F3NO3. The van der Waals surface area contributed by atoms with Crippen molar-refractivity contribution < 1.29 is 27.8 Å². The molecule has 4 nitrogen and oxygen atoms in total. The zero-order valence-corrected chi connectivity index (χ0v) is 18.4. The Hall–Kier alpha value is -3.22. The Bertz CT molecular complexity index is 1140. The zero-order chi connectivity index (χ0) is 23.6. The molecule has 0 radical (unpaired) electrons. The highest BCUT2D eigenvalue weighted by Gasteiger charge is 2.32. The molecule has 1 heterocycles. The van der Waals surface area contributed by atoms with E-state index in [1.165, 1.54) is 24.6 Å². The Morgan fingerprint density at radius 3 is 2.52 bits per heavy atom. The van der Waals surface area contributed by atoms with Crippen molar-refractivity contribution in [2.45, 2.75) is 45.2 Å². The molecule has 0 aliphatic heterocycles.